The molecule has 0 radical (unpaired) electrons. The maximum Gasteiger partial charge on any atom is 0.191 e. The van der Waals surface area contributed by atoms with Crippen LogP contribution in [0.15, 0.2) is 23.2 Å². The van der Waals surface area contributed by atoms with E-state index in [0.717, 1.165) is 21.6 Å². The number of nitrogens with one attached hydrogen (secondary N) is 2. The molecule has 0 fully saturated rings. The van der Waals surface area contributed by atoms with E-state index in [4.69, 9.17) is 0 Å². The topological polar surface area (TPSA) is 49.3 Å². The van der Waals surface area contributed by atoms with Crippen LogP contribution < -0.4 is 10.6 Å². The summed E-state index contributed by atoms with van der Waals surface area (Å²) in [6.45, 7) is 6.42. The van der Waals surface area contributed by atoms with Crippen LogP contribution in [0.4, 0.5) is 8.78 Å². The van der Waals surface area contributed by atoms with Crippen LogP contribution in [0.3, 0.4) is 0 Å². The molecule has 0 amide bonds. The van der Waals surface area contributed by atoms with Crippen molar-refractivity contribution in [3.8, 4) is 0 Å². The molecule has 2 aromatic rings. The van der Waals surface area contributed by atoms with E-state index in [1.54, 1.807) is 24.5 Å². The van der Waals surface area contributed by atoms with Crippen molar-refractivity contribution in [3.05, 3.63) is 51.0 Å². The third kappa shape index (κ3) is 5.37. The maximum atomic E-state index is 13.3. The Balaban J connectivity index is 0.00000288. The Kier molecular flexibility index (Phi) is 8.01. The van der Waals surface area contributed by atoms with E-state index >= 15 is 0 Å². The number of hydrogen-bond acceptors (Lipinski definition) is 3. The Morgan fingerprint density at radius 3 is 2.54 bits per heavy atom. The van der Waals surface area contributed by atoms with Crippen LogP contribution in [-0.4, -0.2) is 18.0 Å². The van der Waals surface area contributed by atoms with Gasteiger partial charge in [-0.1, -0.05) is 6.07 Å². The molecule has 2 N–H and O–H groups in total. The molecule has 0 aliphatic carbocycles. The first-order valence-electron chi connectivity index (χ1n) is 7.25. The minimum absolute atomic E-state index is 0. The molecule has 1 unspecified atom stereocenters. The maximum absolute atomic E-state index is 13.3. The first-order chi connectivity index (χ1) is 10.9. The number of rotatable bonds is 4. The molecule has 24 heavy (non-hydrogen) atoms. The first kappa shape index (κ1) is 20.8. The van der Waals surface area contributed by atoms with Gasteiger partial charge in [-0.05, 0) is 38.5 Å². The monoisotopic (exact) mass is 466 g/mol. The lowest BCUT2D eigenvalue weighted by atomic mass is 10.1. The van der Waals surface area contributed by atoms with Crippen LogP contribution in [0, 0.1) is 25.5 Å². The van der Waals surface area contributed by atoms with E-state index in [1.807, 2.05) is 20.8 Å². The fourth-order valence-electron chi connectivity index (χ4n) is 2.17. The van der Waals surface area contributed by atoms with Gasteiger partial charge in [-0.25, -0.2) is 13.8 Å². The second kappa shape index (κ2) is 9.26. The normalized spacial score (nSPS) is 12.5. The molecule has 1 heterocycles. The van der Waals surface area contributed by atoms with Crippen molar-refractivity contribution in [2.75, 3.05) is 7.05 Å². The summed E-state index contributed by atoms with van der Waals surface area (Å²) in [5, 5.41) is 7.39. The largest absolute Gasteiger partial charge is 0.351 e. The van der Waals surface area contributed by atoms with Crippen LogP contribution in [0.2, 0.25) is 0 Å². The smallest absolute Gasteiger partial charge is 0.191 e. The fourth-order valence-corrected chi connectivity index (χ4v) is 3.04. The minimum atomic E-state index is -0.852. The molecule has 0 saturated carbocycles. The minimum Gasteiger partial charge on any atom is -0.351 e. The molecule has 0 saturated heterocycles. The highest BCUT2D eigenvalue weighted by Crippen LogP contribution is 2.17. The van der Waals surface area contributed by atoms with Crippen molar-refractivity contribution in [1.82, 2.24) is 15.6 Å². The van der Waals surface area contributed by atoms with Crippen LogP contribution in [0.25, 0.3) is 0 Å². The first-order valence-corrected chi connectivity index (χ1v) is 8.07. The fraction of sp³-hybridized carbons (Fsp3) is 0.375. The molecule has 4 nitrogen and oxygen atoms in total. The standard InChI is InChI=1S/C16H20F2N4S.HI/c1-9(12-5-6-13(17)14(18)7-12)22-16(19-4)20-8-15-10(2)21-11(3)23-15;/h5-7,9H,8H2,1-4H3,(H2,19,20,22);1H. The van der Waals surface area contributed by atoms with Crippen LogP contribution in [0.5, 0.6) is 0 Å². The van der Waals surface area contributed by atoms with E-state index in [2.05, 4.69) is 20.6 Å². The van der Waals surface area contributed by atoms with Gasteiger partial charge in [0.1, 0.15) is 0 Å². The van der Waals surface area contributed by atoms with Gasteiger partial charge in [0.15, 0.2) is 17.6 Å². The van der Waals surface area contributed by atoms with Crippen LogP contribution in [0.1, 0.15) is 34.1 Å². The summed E-state index contributed by atoms with van der Waals surface area (Å²) in [5.74, 6) is -1.11. The van der Waals surface area contributed by atoms with Gasteiger partial charge < -0.3 is 10.6 Å². The zero-order chi connectivity index (χ0) is 17.0. The molecule has 0 aliphatic heterocycles. The van der Waals surface area contributed by atoms with Crippen molar-refractivity contribution in [2.45, 2.75) is 33.4 Å². The van der Waals surface area contributed by atoms with Gasteiger partial charge in [-0.15, -0.1) is 35.3 Å². The van der Waals surface area contributed by atoms with Crippen molar-refractivity contribution in [1.29, 1.82) is 0 Å². The van der Waals surface area contributed by atoms with Gasteiger partial charge in [0, 0.05) is 11.9 Å². The Morgan fingerprint density at radius 1 is 1.29 bits per heavy atom. The average Bonchev–Trinajstić information content (AvgIpc) is 2.83. The predicted octanol–water partition coefficient (Wildman–Crippen LogP) is 4.08. The van der Waals surface area contributed by atoms with E-state index in [9.17, 15) is 8.78 Å². The summed E-state index contributed by atoms with van der Waals surface area (Å²) in [5.41, 5.74) is 1.65. The quantitative estimate of drug-likeness (QED) is 0.406. The molecule has 8 heteroatoms. The lowest BCUT2D eigenvalue weighted by Crippen LogP contribution is -2.38. The summed E-state index contributed by atoms with van der Waals surface area (Å²) in [6.07, 6.45) is 0. The number of halogens is 3. The number of thiazole rings is 1. The molecule has 0 bridgehead atoms. The highest BCUT2D eigenvalue weighted by Gasteiger charge is 2.12. The summed E-state index contributed by atoms with van der Waals surface area (Å²) < 4.78 is 26.3. The van der Waals surface area contributed by atoms with Gasteiger partial charge >= 0.3 is 0 Å². The van der Waals surface area contributed by atoms with Gasteiger partial charge in [0.05, 0.1) is 23.3 Å². The number of nitrogens with zero attached hydrogens (tertiary/aromatic N) is 2. The lowest BCUT2D eigenvalue weighted by Gasteiger charge is -2.18. The average molecular weight is 466 g/mol. The molecular formula is C16H21F2IN4S. The molecular weight excluding hydrogens is 445 g/mol. The second-order valence-corrected chi connectivity index (χ2v) is 6.49. The number of aliphatic imine (C=N–C) groups is 1. The Hall–Kier alpha value is -1.29. The molecule has 1 aromatic carbocycles. The molecule has 1 aromatic heterocycles. The van der Waals surface area contributed by atoms with E-state index < -0.39 is 11.6 Å². The van der Waals surface area contributed by atoms with Gasteiger partial charge in [0.2, 0.25) is 0 Å². The Labute approximate surface area is 161 Å². The van der Waals surface area contributed by atoms with E-state index in [-0.39, 0.29) is 30.0 Å². The number of aryl methyl sites for hydroxylation is 2. The molecule has 0 spiro atoms. The van der Waals surface area contributed by atoms with E-state index in [0.29, 0.717) is 18.1 Å². The van der Waals surface area contributed by atoms with Gasteiger partial charge in [0.25, 0.3) is 0 Å². The molecule has 0 aliphatic rings. The van der Waals surface area contributed by atoms with Crippen LogP contribution in [-0.2, 0) is 6.54 Å². The third-order valence-electron chi connectivity index (χ3n) is 3.44. The third-order valence-corrected chi connectivity index (χ3v) is 4.51. The Bertz CT molecular complexity index is 718. The zero-order valence-electron chi connectivity index (χ0n) is 14.0. The van der Waals surface area contributed by atoms with E-state index in [1.165, 1.54) is 6.07 Å². The summed E-state index contributed by atoms with van der Waals surface area (Å²) in [4.78, 5) is 9.68. The number of guanidine groups is 1. The van der Waals surface area contributed by atoms with Gasteiger partial charge in [-0.3, -0.25) is 4.99 Å². The van der Waals surface area contributed by atoms with Crippen molar-refractivity contribution < 1.29 is 8.78 Å². The SMILES string of the molecule is CN=C(NCc1sc(C)nc1C)NC(C)c1ccc(F)c(F)c1.I. The summed E-state index contributed by atoms with van der Waals surface area (Å²) in [6, 6.07) is 3.67. The van der Waals surface area contributed by atoms with Crippen molar-refractivity contribution >= 4 is 41.3 Å². The highest BCUT2D eigenvalue weighted by molar-refractivity contribution is 14.0. The molecule has 132 valence electrons. The molecule has 1 atom stereocenters. The number of hydrogen-bond donors (Lipinski definition) is 2. The molecule has 2 rings (SSSR count). The predicted molar refractivity (Wildman–Crippen MR) is 105 cm³/mol. The zero-order valence-corrected chi connectivity index (χ0v) is 17.1. The summed E-state index contributed by atoms with van der Waals surface area (Å²) in [7, 11) is 1.66. The number of benzene rings is 1. The van der Waals surface area contributed by atoms with Crippen LogP contribution >= 0.6 is 35.3 Å². The number of aromatic nitrogens is 1. The second-order valence-electron chi connectivity index (χ2n) is 5.21. The van der Waals surface area contributed by atoms with Gasteiger partial charge in [-0.2, -0.15) is 0 Å². The lowest BCUT2D eigenvalue weighted by molar-refractivity contribution is 0.504. The highest BCUT2D eigenvalue weighted by atomic mass is 127. The summed E-state index contributed by atoms with van der Waals surface area (Å²) >= 11 is 1.64. The van der Waals surface area contributed by atoms with Crippen molar-refractivity contribution in [2.24, 2.45) is 4.99 Å². The van der Waals surface area contributed by atoms with Crippen molar-refractivity contribution in [3.63, 3.8) is 0 Å². The Morgan fingerprint density at radius 2 is 2.00 bits per heavy atom.